The summed E-state index contributed by atoms with van der Waals surface area (Å²) in [6.07, 6.45) is 74.5. The first-order chi connectivity index (χ1) is 38.2. The van der Waals surface area contributed by atoms with Gasteiger partial charge in [0.1, 0.15) is 12.7 Å². The fourth-order valence-corrected chi connectivity index (χ4v) is 8.35. The first-order valence-electron chi connectivity index (χ1n) is 30.1. The van der Waals surface area contributed by atoms with E-state index in [4.69, 9.17) is 23.3 Å². The largest absolute Gasteiger partial charge is 0.472 e. The van der Waals surface area contributed by atoms with Crippen molar-refractivity contribution in [3.63, 3.8) is 0 Å². The molecule has 0 saturated heterocycles. The van der Waals surface area contributed by atoms with Gasteiger partial charge in [-0.1, -0.05) is 231 Å². The van der Waals surface area contributed by atoms with Crippen LogP contribution in [0.15, 0.2) is 134 Å². The van der Waals surface area contributed by atoms with Gasteiger partial charge in [0.05, 0.1) is 19.8 Å². The molecule has 0 rings (SSSR count). The molecule has 0 aliphatic carbocycles. The fourth-order valence-electron chi connectivity index (χ4n) is 7.57. The highest BCUT2D eigenvalue weighted by Crippen LogP contribution is 2.43. The summed E-state index contributed by atoms with van der Waals surface area (Å²) in [4.78, 5) is 48.5. The maximum absolute atomic E-state index is 12.9. The number of allylic oxidation sites excluding steroid dienone is 22. The molecule has 442 valence electrons. The number of hydrogen-bond donors (Lipinski definition) is 2. The zero-order chi connectivity index (χ0) is 56.9. The number of esters is 3. The number of hydrogen-bond acceptors (Lipinski definition) is 10. The molecular formula is C66H107O11P. The highest BCUT2D eigenvalue weighted by Gasteiger charge is 2.28. The molecule has 0 aliphatic rings. The molecule has 0 spiro atoms. The molecule has 3 atom stereocenters. The summed E-state index contributed by atoms with van der Waals surface area (Å²) in [6, 6.07) is 0. The molecule has 0 amide bonds. The van der Waals surface area contributed by atoms with Crippen LogP contribution < -0.4 is 0 Å². The SMILES string of the molecule is CC/C=C\C/C=C\C/C=C\C/C=C\C/C=C\C/C=C\CCC(=O)OC(COC(=O)CC/C=C\C/C=C\C/C=C\C/C=C\CC)COP(=O)(O)OCC(CO)OC(=O)CCCCCCCCCCC/C=C\CCCCCCCC. The summed E-state index contributed by atoms with van der Waals surface area (Å²) in [6.45, 7) is 4.24. The minimum Gasteiger partial charge on any atom is -0.462 e. The second-order valence-electron chi connectivity index (χ2n) is 19.4. The molecule has 0 heterocycles. The standard InChI is InChI=1S/C66H107O11P/c1-4-7-10-13-16-19-22-25-27-29-31-33-35-38-41-44-47-50-53-56-65(69)76-62(58-67)60-74-78(71,72)75-61-63(59-73-64(68)55-52-49-46-43-40-37-24-21-18-15-12-9-6-3)77-66(70)57-54-51-48-45-42-39-36-34-32-30-28-26-23-20-17-14-11-8-5-2/h8-9,11-12,17-18,20-21,25-28,32,34,37,39-40,42,46,48-49,51,62-63,67H,4-7,10,13-16,19,22-24,29-31,33,35-36,38,41,43-45,47,50,52-61H2,1-3H3,(H,71,72)/b11-8-,12-9-,20-17-,21-18-,27-25-,28-26-,34-32-,40-37-,42-39-,49-46-,51-48-. The van der Waals surface area contributed by atoms with Gasteiger partial charge in [0, 0.05) is 19.3 Å². The Morgan fingerprint density at radius 1 is 0.372 bits per heavy atom. The third-order valence-electron chi connectivity index (χ3n) is 12.1. The molecule has 0 aromatic rings. The van der Waals surface area contributed by atoms with Crippen molar-refractivity contribution in [3.05, 3.63) is 134 Å². The number of aliphatic hydroxyl groups is 1. The number of unbranched alkanes of at least 4 members (excludes halogenated alkanes) is 15. The lowest BCUT2D eigenvalue weighted by Crippen LogP contribution is -2.30. The Kier molecular flexibility index (Phi) is 55.5. The average Bonchev–Trinajstić information content (AvgIpc) is 3.43. The lowest BCUT2D eigenvalue weighted by molar-refractivity contribution is -0.161. The van der Waals surface area contributed by atoms with Gasteiger partial charge in [-0.05, 0) is 109 Å². The first kappa shape index (κ1) is 73.6. The summed E-state index contributed by atoms with van der Waals surface area (Å²) < 4.78 is 39.4. The Balaban J connectivity index is 4.83. The van der Waals surface area contributed by atoms with Crippen molar-refractivity contribution >= 4 is 25.7 Å². The Labute approximate surface area is 474 Å². The molecule has 0 radical (unpaired) electrons. The van der Waals surface area contributed by atoms with Crippen LogP contribution in [0.5, 0.6) is 0 Å². The van der Waals surface area contributed by atoms with Crippen molar-refractivity contribution in [3.8, 4) is 0 Å². The molecule has 0 bridgehead atoms. The fraction of sp³-hybridized carbons (Fsp3) is 0.621. The van der Waals surface area contributed by atoms with Gasteiger partial charge in [0.2, 0.25) is 0 Å². The lowest BCUT2D eigenvalue weighted by atomic mass is 10.1. The van der Waals surface area contributed by atoms with E-state index in [0.29, 0.717) is 25.7 Å². The number of ether oxygens (including phenoxy) is 3. The molecule has 11 nitrogen and oxygen atoms in total. The van der Waals surface area contributed by atoms with Crippen LogP contribution in [0, 0.1) is 0 Å². The molecule has 2 N–H and O–H groups in total. The molecule has 0 aromatic carbocycles. The molecular weight excluding hydrogens is 1000 g/mol. The van der Waals surface area contributed by atoms with Gasteiger partial charge < -0.3 is 24.2 Å². The van der Waals surface area contributed by atoms with Gasteiger partial charge >= 0.3 is 25.7 Å². The average molecular weight is 1110 g/mol. The van der Waals surface area contributed by atoms with Crippen LogP contribution in [-0.2, 0) is 42.2 Å². The molecule has 78 heavy (non-hydrogen) atoms. The number of phosphoric acid groups is 1. The van der Waals surface area contributed by atoms with E-state index in [1.165, 1.54) is 83.5 Å². The minimum absolute atomic E-state index is 0.0210. The third kappa shape index (κ3) is 56.3. The number of phosphoric ester groups is 1. The van der Waals surface area contributed by atoms with Gasteiger partial charge in [0.25, 0.3) is 0 Å². The molecule has 0 fully saturated rings. The van der Waals surface area contributed by atoms with Crippen LogP contribution in [0.4, 0.5) is 0 Å². The van der Waals surface area contributed by atoms with E-state index >= 15 is 0 Å². The van der Waals surface area contributed by atoms with Crippen molar-refractivity contribution in [1.82, 2.24) is 0 Å². The number of rotatable bonds is 54. The zero-order valence-corrected chi connectivity index (χ0v) is 49.7. The molecule has 12 heteroatoms. The maximum Gasteiger partial charge on any atom is 0.472 e. The zero-order valence-electron chi connectivity index (χ0n) is 48.8. The van der Waals surface area contributed by atoms with E-state index in [-0.39, 0.29) is 19.3 Å². The Morgan fingerprint density at radius 2 is 0.692 bits per heavy atom. The first-order valence-corrected chi connectivity index (χ1v) is 31.6. The van der Waals surface area contributed by atoms with Gasteiger partial charge in [0.15, 0.2) is 6.10 Å². The van der Waals surface area contributed by atoms with Crippen molar-refractivity contribution in [2.45, 2.75) is 238 Å². The second kappa shape index (κ2) is 58.8. The topological polar surface area (TPSA) is 155 Å². The van der Waals surface area contributed by atoms with E-state index < -0.39 is 64.4 Å². The van der Waals surface area contributed by atoms with Gasteiger partial charge in [-0.2, -0.15) is 0 Å². The lowest BCUT2D eigenvalue weighted by Gasteiger charge is -2.21. The Hall–Kier alpha value is -4.38. The summed E-state index contributed by atoms with van der Waals surface area (Å²) in [5.41, 5.74) is 0. The van der Waals surface area contributed by atoms with Gasteiger partial charge in [-0.3, -0.25) is 23.4 Å². The molecule has 0 saturated carbocycles. The van der Waals surface area contributed by atoms with Crippen LogP contribution in [-0.4, -0.2) is 66.5 Å². The Bertz CT molecular complexity index is 1820. The second-order valence-corrected chi connectivity index (χ2v) is 20.8. The van der Waals surface area contributed by atoms with Crippen molar-refractivity contribution in [2.75, 3.05) is 26.4 Å². The van der Waals surface area contributed by atoms with Crippen LogP contribution in [0.2, 0.25) is 0 Å². The van der Waals surface area contributed by atoms with E-state index in [0.717, 1.165) is 77.0 Å². The predicted molar refractivity (Wildman–Crippen MR) is 325 cm³/mol. The number of aliphatic hydroxyl groups excluding tert-OH is 1. The predicted octanol–water partition coefficient (Wildman–Crippen LogP) is 18.1. The van der Waals surface area contributed by atoms with Crippen LogP contribution in [0.1, 0.15) is 226 Å². The van der Waals surface area contributed by atoms with Crippen molar-refractivity contribution in [2.24, 2.45) is 0 Å². The Morgan fingerprint density at radius 3 is 1.10 bits per heavy atom. The smallest absolute Gasteiger partial charge is 0.462 e. The summed E-state index contributed by atoms with van der Waals surface area (Å²) in [5.74, 6) is -1.68. The highest BCUT2D eigenvalue weighted by molar-refractivity contribution is 7.47. The minimum atomic E-state index is -4.79. The van der Waals surface area contributed by atoms with Gasteiger partial charge in [-0.15, -0.1) is 0 Å². The molecule has 0 aromatic heterocycles. The highest BCUT2D eigenvalue weighted by atomic mass is 31.2. The quantitative estimate of drug-likeness (QED) is 0.0197. The summed E-state index contributed by atoms with van der Waals surface area (Å²) in [5, 5.41) is 9.84. The molecule has 0 aliphatic heterocycles. The normalized spacial score (nSPS) is 14.3. The van der Waals surface area contributed by atoms with E-state index in [1.54, 1.807) is 0 Å². The third-order valence-corrected chi connectivity index (χ3v) is 13.0. The van der Waals surface area contributed by atoms with Crippen LogP contribution in [0.25, 0.3) is 0 Å². The summed E-state index contributed by atoms with van der Waals surface area (Å²) in [7, 11) is -4.79. The van der Waals surface area contributed by atoms with Crippen molar-refractivity contribution in [1.29, 1.82) is 0 Å². The van der Waals surface area contributed by atoms with E-state index in [1.807, 2.05) is 24.3 Å². The van der Waals surface area contributed by atoms with Crippen molar-refractivity contribution < 1.29 is 52.2 Å². The summed E-state index contributed by atoms with van der Waals surface area (Å²) >= 11 is 0. The monoisotopic (exact) mass is 1110 g/mol. The molecule has 3 unspecified atom stereocenters. The van der Waals surface area contributed by atoms with Gasteiger partial charge in [-0.25, -0.2) is 4.57 Å². The number of carbonyl (C=O) groups excluding carboxylic acids is 3. The van der Waals surface area contributed by atoms with E-state index in [2.05, 4.69) is 130 Å². The van der Waals surface area contributed by atoms with Crippen LogP contribution in [0.3, 0.4) is 0 Å². The maximum atomic E-state index is 12.9. The van der Waals surface area contributed by atoms with Crippen LogP contribution >= 0.6 is 7.82 Å². The van der Waals surface area contributed by atoms with E-state index in [9.17, 15) is 28.9 Å². The number of carbonyl (C=O) groups is 3.